The first-order chi connectivity index (χ1) is 11.4. The Morgan fingerprint density at radius 3 is 2.54 bits per heavy atom. The Hall–Kier alpha value is -3.48. The van der Waals surface area contributed by atoms with Crippen molar-refractivity contribution in [1.82, 2.24) is 4.57 Å². The molecule has 0 aliphatic heterocycles. The average Bonchev–Trinajstić information content (AvgIpc) is 2.94. The van der Waals surface area contributed by atoms with Crippen molar-refractivity contribution in [3.63, 3.8) is 0 Å². The van der Waals surface area contributed by atoms with E-state index >= 15 is 0 Å². The van der Waals surface area contributed by atoms with Crippen molar-refractivity contribution in [3.05, 3.63) is 75.5 Å². The second-order valence-electron chi connectivity index (χ2n) is 5.36. The van der Waals surface area contributed by atoms with Gasteiger partial charge in [-0.15, -0.1) is 0 Å². The minimum atomic E-state index is -0.646. The summed E-state index contributed by atoms with van der Waals surface area (Å²) in [6.45, 7) is 1.60. The number of hydrogen-bond acceptors (Lipinski definition) is 4. The van der Waals surface area contributed by atoms with Crippen LogP contribution in [0.25, 0.3) is 10.9 Å². The van der Waals surface area contributed by atoms with E-state index in [2.05, 4.69) is 0 Å². The zero-order chi connectivity index (χ0) is 17.4. The maximum atomic E-state index is 12.8. The van der Waals surface area contributed by atoms with Crippen LogP contribution in [-0.2, 0) is 0 Å². The van der Waals surface area contributed by atoms with Gasteiger partial charge in [0.2, 0.25) is 0 Å². The van der Waals surface area contributed by atoms with Gasteiger partial charge in [-0.1, -0.05) is 24.3 Å². The molecule has 0 spiro atoms. The first-order valence-electron chi connectivity index (χ1n) is 7.10. The summed E-state index contributed by atoms with van der Waals surface area (Å²) in [4.78, 5) is 34.9. The number of primary amides is 1. The molecule has 0 saturated carbocycles. The van der Waals surface area contributed by atoms with Gasteiger partial charge in [0, 0.05) is 28.8 Å². The van der Waals surface area contributed by atoms with Crippen LogP contribution >= 0.6 is 0 Å². The summed E-state index contributed by atoms with van der Waals surface area (Å²) < 4.78 is 1.28. The van der Waals surface area contributed by atoms with E-state index in [0.717, 1.165) is 0 Å². The lowest BCUT2D eigenvalue weighted by molar-refractivity contribution is -0.385. The molecule has 120 valence electrons. The molecule has 7 nitrogen and oxygen atoms in total. The number of amides is 1. The number of carbonyl (C=O) groups excluding carboxylic acids is 2. The Labute approximate surface area is 136 Å². The number of rotatable bonds is 3. The quantitative estimate of drug-likeness (QED) is 0.590. The predicted octanol–water partition coefficient (Wildman–Crippen LogP) is 2.65. The minimum Gasteiger partial charge on any atom is -0.366 e. The molecule has 2 N–H and O–H groups in total. The number of benzene rings is 2. The van der Waals surface area contributed by atoms with E-state index in [4.69, 9.17) is 5.73 Å². The molecule has 3 aromatic rings. The van der Waals surface area contributed by atoms with Crippen molar-refractivity contribution in [2.24, 2.45) is 5.73 Å². The molecule has 0 unspecified atom stereocenters. The van der Waals surface area contributed by atoms with Crippen molar-refractivity contribution < 1.29 is 14.5 Å². The second kappa shape index (κ2) is 5.62. The van der Waals surface area contributed by atoms with Gasteiger partial charge in [0.15, 0.2) is 0 Å². The Balaban J connectivity index is 2.18. The lowest BCUT2D eigenvalue weighted by atomic mass is 10.1. The van der Waals surface area contributed by atoms with Crippen LogP contribution in [0.1, 0.15) is 26.3 Å². The minimum absolute atomic E-state index is 0.132. The van der Waals surface area contributed by atoms with E-state index < -0.39 is 16.7 Å². The molecule has 0 saturated heterocycles. The van der Waals surface area contributed by atoms with Gasteiger partial charge >= 0.3 is 0 Å². The van der Waals surface area contributed by atoms with Crippen LogP contribution < -0.4 is 5.73 Å². The topological polar surface area (TPSA) is 108 Å². The van der Waals surface area contributed by atoms with Crippen LogP contribution in [0.15, 0.2) is 48.7 Å². The molecule has 0 fully saturated rings. The zero-order valence-corrected chi connectivity index (χ0v) is 12.7. The maximum absolute atomic E-state index is 12.8. The molecule has 0 atom stereocenters. The second-order valence-corrected chi connectivity index (χ2v) is 5.36. The van der Waals surface area contributed by atoms with Gasteiger partial charge in [-0.3, -0.25) is 24.3 Å². The molecule has 2 aromatic carbocycles. The fraction of sp³-hybridized carbons (Fsp3) is 0.0588. The molecular formula is C17H13N3O4. The highest BCUT2D eigenvalue weighted by molar-refractivity contribution is 6.11. The number of nitrogens with zero attached hydrogens (tertiary/aromatic N) is 2. The Kier molecular flexibility index (Phi) is 3.61. The summed E-state index contributed by atoms with van der Waals surface area (Å²) in [5.74, 6) is -1.12. The standard InChI is InChI=1S/C17H13N3O4/c1-10-6-7-11(8-15(10)20(23)24)17(22)19-9-13(16(18)21)12-4-2-3-5-14(12)19/h2-9H,1H3,(H2,18,21). The number of hydrogen-bond donors (Lipinski definition) is 1. The number of fused-ring (bicyclic) bond motifs is 1. The van der Waals surface area contributed by atoms with Crippen LogP contribution in [0.4, 0.5) is 5.69 Å². The lowest BCUT2D eigenvalue weighted by Crippen LogP contribution is -2.13. The maximum Gasteiger partial charge on any atom is 0.273 e. The summed E-state index contributed by atoms with van der Waals surface area (Å²) >= 11 is 0. The third-order valence-corrected chi connectivity index (χ3v) is 3.85. The summed E-state index contributed by atoms with van der Waals surface area (Å²) in [7, 11) is 0. The average molecular weight is 323 g/mol. The first-order valence-corrected chi connectivity index (χ1v) is 7.10. The van der Waals surface area contributed by atoms with Gasteiger partial charge in [-0.25, -0.2) is 0 Å². The molecular weight excluding hydrogens is 310 g/mol. The third-order valence-electron chi connectivity index (χ3n) is 3.85. The van der Waals surface area contributed by atoms with Gasteiger partial charge in [-0.2, -0.15) is 0 Å². The van der Waals surface area contributed by atoms with Gasteiger partial charge in [0.25, 0.3) is 17.5 Å². The number of nitro groups is 1. The highest BCUT2D eigenvalue weighted by Gasteiger charge is 2.20. The molecule has 3 rings (SSSR count). The monoisotopic (exact) mass is 323 g/mol. The zero-order valence-electron chi connectivity index (χ0n) is 12.7. The molecule has 0 aliphatic carbocycles. The number of carbonyl (C=O) groups is 2. The van der Waals surface area contributed by atoms with Gasteiger partial charge < -0.3 is 5.73 Å². The molecule has 1 aromatic heterocycles. The van der Waals surface area contributed by atoms with Crippen molar-refractivity contribution in [3.8, 4) is 0 Å². The molecule has 7 heteroatoms. The van der Waals surface area contributed by atoms with Crippen LogP contribution in [-0.4, -0.2) is 21.3 Å². The molecule has 1 amide bonds. The normalized spacial score (nSPS) is 10.7. The van der Waals surface area contributed by atoms with E-state index in [-0.39, 0.29) is 16.8 Å². The van der Waals surface area contributed by atoms with Crippen LogP contribution in [0.3, 0.4) is 0 Å². The van der Waals surface area contributed by atoms with E-state index in [1.807, 2.05) is 0 Å². The summed E-state index contributed by atoms with van der Waals surface area (Å²) in [5, 5.41) is 11.6. The summed E-state index contributed by atoms with van der Waals surface area (Å²) in [6.07, 6.45) is 1.36. The predicted molar refractivity (Wildman–Crippen MR) is 88.0 cm³/mol. The Morgan fingerprint density at radius 2 is 1.88 bits per heavy atom. The fourth-order valence-electron chi connectivity index (χ4n) is 2.62. The molecule has 0 aliphatic rings. The lowest BCUT2D eigenvalue weighted by Gasteiger charge is -2.05. The van der Waals surface area contributed by atoms with Crippen LogP contribution in [0.5, 0.6) is 0 Å². The highest BCUT2D eigenvalue weighted by Crippen LogP contribution is 2.24. The largest absolute Gasteiger partial charge is 0.366 e. The van der Waals surface area contributed by atoms with E-state index in [1.165, 1.54) is 29.0 Å². The van der Waals surface area contributed by atoms with E-state index in [1.54, 1.807) is 31.2 Å². The Morgan fingerprint density at radius 1 is 1.17 bits per heavy atom. The smallest absolute Gasteiger partial charge is 0.273 e. The summed E-state index contributed by atoms with van der Waals surface area (Å²) in [5.41, 5.74) is 6.59. The SMILES string of the molecule is Cc1ccc(C(=O)n2cc(C(N)=O)c3ccccc32)cc1[N+](=O)[O-]. The number of aryl methyl sites for hydroxylation is 1. The van der Waals surface area contributed by atoms with Gasteiger partial charge in [-0.05, 0) is 19.1 Å². The molecule has 0 radical (unpaired) electrons. The number of nitrogens with two attached hydrogens (primary N) is 1. The highest BCUT2D eigenvalue weighted by atomic mass is 16.6. The summed E-state index contributed by atoms with van der Waals surface area (Å²) in [6, 6.07) is 11.1. The van der Waals surface area contributed by atoms with Crippen molar-refractivity contribution >= 4 is 28.4 Å². The van der Waals surface area contributed by atoms with E-state index in [0.29, 0.717) is 16.5 Å². The fourth-order valence-corrected chi connectivity index (χ4v) is 2.62. The first kappa shape index (κ1) is 15.4. The Bertz CT molecular complexity index is 1000. The molecule has 0 bridgehead atoms. The van der Waals surface area contributed by atoms with Crippen LogP contribution in [0, 0.1) is 17.0 Å². The number of para-hydroxylation sites is 1. The van der Waals surface area contributed by atoms with Crippen molar-refractivity contribution in [1.29, 1.82) is 0 Å². The van der Waals surface area contributed by atoms with Crippen molar-refractivity contribution in [2.45, 2.75) is 6.92 Å². The van der Waals surface area contributed by atoms with E-state index in [9.17, 15) is 19.7 Å². The third kappa shape index (κ3) is 2.41. The van der Waals surface area contributed by atoms with Gasteiger partial charge in [0.05, 0.1) is 16.0 Å². The van der Waals surface area contributed by atoms with Gasteiger partial charge in [0.1, 0.15) is 0 Å². The number of aromatic nitrogens is 1. The molecule has 24 heavy (non-hydrogen) atoms. The molecule has 1 heterocycles. The van der Waals surface area contributed by atoms with Crippen LogP contribution in [0.2, 0.25) is 0 Å². The number of nitro benzene ring substituents is 1. The van der Waals surface area contributed by atoms with Crippen molar-refractivity contribution in [2.75, 3.05) is 0 Å².